The summed E-state index contributed by atoms with van der Waals surface area (Å²) in [6.07, 6.45) is 0. The molecule has 172 valence electrons. The average Bonchev–Trinajstić information content (AvgIpc) is 2.74. The van der Waals surface area contributed by atoms with Crippen molar-refractivity contribution in [3.8, 4) is 0 Å². The van der Waals surface area contributed by atoms with E-state index < -0.39 is 15.8 Å². The number of halogens is 2. The molecular formula is C22H25ClFN3O4S. The molecule has 0 atom stereocenters. The summed E-state index contributed by atoms with van der Waals surface area (Å²) in [5, 5.41) is 0.0401. The van der Waals surface area contributed by atoms with Crippen molar-refractivity contribution in [2.45, 2.75) is 18.7 Å². The van der Waals surface area contributed by atoms with E-state index in [1.807, 2.05) is 0 Å². The smallest absolute Gasteiger partial charge is 0.255 e. The molecule has 7 nitrogen and oxygen atoms in total. The van der Waals surface area contributed by atoms with Crippen LogP contribution in [-0.2, 0) is 10.0 Å². The minimum Gasteiger partial charge on any atom is -0.335 e. The lowest BCUT2D eigenvalue weighted by Crippen LogP contribution is -2.50. The normalized spacial score (nSPS) is 14.7. The second-order valence-corrected chi connectivity index (χ2v) is 10.4. The maximum absolute atomic E-state index is 13.3. The lowest BCUT2D eigenvalue weighted by atomic mass is 10.0. The first-order valence-corrected chi connectivity index (χ1v) is 11.8. The number of rotatable bonds is 4. The monoisotopic (exact) mass is 481 g/mol. The summed E-state index contributed by atoms with van der Waals surface area (Å²) in [4.78, 5) is 29.1. The largest absolute Gasteiger partial charge is 0.335 e. The number of piperazine rings is 1. The molecular weight excluding hydrogens is 457 g/mol. The fourth-order valence-corrected chi connectivity index (χ4v) is 5.01. The molecule has 2 amide bonds. The third-order valence-electron chi connectivity index (χ3n) is 5.64. The second-order valence-electron chi connectivity index (χ2n) is 7.91. The second kappa shape index (κ2) is 9.17. The van der Waals surface area contributed by atoms with Gasteiger partial charge in [0.2, 0.25) is 10.0 Å². The van der Waals surface area contributed by atoms with Gasteiger partial charge in [0.1, 0.15) is 5.82 Å². The fourth-order valence-electron chi connectivity index (χ4n) is 3.54. The first-order valence-electron chi connectivity index (χ1n) is 10.0. The van der Waals surface area contributed by atoms with Crippen LogP contribution in [-0.4, -0.2) is 74.6 Å². The van der Waals surface area contributed by atoms with E-state index in [1.165, 1.54) is 32.3 Å². The highest BCUT2D eigenvalue weighted by atomic mass is 35.5. The van der Waals surface area contributed by atoms with Crippen molar-refractivity contribution in [1.29, 1.82) is 0 Å². The summed E-state index contributed by atoms with van der Waals surface area (Å²) in [5.74, 6) is -1.14. The molecule has 1 fully saturated rings. The van der Waals surface area contributed by atoms with Crippen LogP contribution in [0.15, 0.2) is 35.2 Å². The minimum atomic E-state index is -3.70. The average molecular weight is 482 g/mol. The third kappa shape index (κ3) is 4.65. The van der Waals surface area contributed by atoms with Gasteiger partial charge in [-0.15, -0.1) is 0 Å². The van der Waals surface area contributed by atoms with Gasteiger partial charge in [0.25, 0.3) is 11.8 Å². The number of amides is 2. The molecule has 0 aliphatic carbocycles. The van der Waals surface area contributed by atoms with Crippen LogP contribution < -0.4 is 0 Å². The highest BCUT2D eigenvalue weighted by Crippen LogP contribution is 2.25. The van der Waals surface area contributed by atoms with Crippen LogP contribution in [0.2, 0.25) is 5.02 Å². The van der Waals surface area contributed by atoms with E-state index in [0.717, 1.165) is 10.4 Å². The maximum atomic E-state index is 13.3. The molecule has 1 aliphatic heterocycles. The van der Waals surface area contributed by atoms with Crippen LogP contribution in [0.1, 0.15) is 31.8 Å². The van der Waals surface area contributed by atoms with Crippen molar-refractivity contribution in [2.24, 2.45) is 0 Å². The van der Waals surface area contributed by atoms with E-state index in [0.29, 0.717) is 11.1 Å². The molecule has 0 N–H and O–H groups in total. The Kier molecular flexibility index (Phi) is 6.92. The molecule has 0 aromatic heterocycles. The summed E-state index contributed by atoms with van der Waals surface area (Å²) < 4.78 is 39.7. The van der Waals surface area contributed by atoms with E-state index in [9.17, 15) is 22.4 Å². The van der Waals surface area contributed by atoms with Gasteiger partial charge in [0.15, 0.2) is 0 Å². The van der Waals surface area contributed by atoms with Crippen molar-refractivity contribution < 1.29 is 22.4 Å². The zero-order valence-corrected chi connectivity index (χ0v) is 19.9. The van der Waals surface area contributed by atoms with Gasteiger partial charge in [-0.25, -0.2) is 17.1 Å². The SMILES string of the molecule is Cc1cc(C(=O)N2CCN(C(=O)c3ccc(F)cc3Cl)CC2)cc(S(=O)(=O)N(C)C)c1C. The summed E-state index contributed by atoms with van der Waals surface area (Å²) in [6.45, 7) is 4.62. The van der Waals surface area contributed by atoms with Crippen LogP contribution in [0.4, 0.5) is 4.39 Å². The number of aryl methyl sites for hydroxylation is 1. The van der Waals surface area contributed by atoms with Crippen molar-refractivity contribution in [3.05, 3.63) is 63.4 Å². The van der Waals surface area contributed by atoms with Gasteiger partial charge >= 0.3 is 0 Å². The number of carbonyl (C=O) groups excluding carboxylic acids is 2. The molecule has 3 rings (SSSR count). The standard InChI is InChI=1S/C22H25ClFN3O4S/c1-14-11-16(12-20(15(14)2)32(30,31)25(3)4)21(28)26-7-9-27(10-8-26)22(29)18-6-5-17(24)13-19(18)23/h5-6,11-13H,7-10H2,1-4H3. The molecule has 0 radical (unpaired) electrons. The van der Waals surface area contributed by atoms with E-state index in [4.69, 9.17) is 11.6 Å². The van der Waals surface area contributed by atoms with Crippen molar-refractivity contribution >= 4 is 33.4 Å². The van der Waals surface area contributed by atoms with Gasteiger partial charge in [-0.1, -0.05) is 11.6 Å². The number of nitrogens with zero attached hydrogens (tertiary/aromatic N) is 3. The molecule has 1 saturated heterocycles. The Labute approximate surface area is 192 Å². The molecule has 10 heteroatoms. The van der Waals surface area contributed by atoms with E-state index in [-0.39, 0.29) is 59.0 Å². The molecule has 1 heterocycles. The number of hydrogen-bond donors (Lipinski definition) is 0. The van der Waals surface area contributed by atoms with Crippen LogP contribution in [0.25, 0.3) is 0 Å². The Bertz CT molecular complexity index is 1180. The van der Waals surface area contributed by atoms with E-state index >= 15 is 0 Å². The number of hydrogen-bond acceptors (Lipinski definition) is 4. The highest BCUT2D eigenvalue weighted by Gasteiger charge is 2.28. The molecule has 0 unspecified atom stereocenters. The molecule has 0 saturated carbocycles. The third-order valence-corrected chi connectivity index (χ3v) is 7.89. The van der Waals surface area contributed by atoms with Gasteiger partial charge in [-0.3, -0.25) is 9.59 Å². The fraction of sp³-hybridized carbons (Fsp3) is 0.364. The Morgan fingerprint density at radius 2 is 1.53 bits per heavy atom. The lowest BCUT2D eigenvalue weighted by Gasteiger charge is -2.35. The zero-order chi connectivity index (χ0) is 23.8. The van der Waals surface area contributed by atoms with Gasteiger partial charge < -0.3 is 9.80 Å². The minimum absolute atomic E-state index is 0.0401. The van der Waals surface area contributed by atoms with Gasteiger partial charge in [-0.2, -0.15) is 0 Å². The summed E-state index contributed by atoms with van der Waals surface area (Å²) in [5.41, 5.74) is 1.80. The molecule has 32 heavy (non-hydrogen) atoms. The predicted molar refractivity (Wildman–Crippen MR) is 120 cm³/mol. The Hall–Kier alpha value is -2.49. The van der Waals surface area contributed by atoms with Crippen molar-refractivity contribution in [3.63, 3.8) is 0 Å². The Morgan fingerprint density at radius 3 is 2.06 bits per heavy atom. The van der Waals surface area contributed by atoms with Gasteiger partial charge in [-0.05, 0) is 55.3 Å². The molecule has 0 spiro atoms. The van der Waals surface area contributed by atoms with E-state index in [2.05, 4.69) is 0 Å². The van der Waals surface area contributed by atoms with Crippen molar-refractivity contribution in [2.75, 3.05) is 40.3 Å². The predicted octanol–water partition coefficient (Wildman–Crippen LogP) is 2.94. The highest BCUT2D eigenvalue weighted by molar-refractivity contribution is 7.89. The topological polar surface area (TPSA) is 78.0 Å². The first kappa shape index (κ1) is 24.2. The summed E-state index contributed by atoms with van der Waals surface area (Å²) >= 11 is 6.00. The number of carbonyl (C=O) groups is 2. The summed E-state index contributed by atoms with van der Waals surface area (Å²) in [7, 11) is -0.811. The van der Waals surface area contributed by atoms with Crippen molar-refractivity contribution in [1.82, 2.24) is 14.1 Å². The quantitative estimate of drug-likeness (QED) is 0.672. The van der Waals surface area contributed by atoms with Crippen LogP contribution in [0.3, 0.4) is 0 Å². The Balaban J connectivity index is 1.77. The Morgan fingerprint density at radius 1 is 0.969 bits per heavy atom. The zero-order valence-electron chi connectivity index (χ0n) is 18.4. The number of sulfonamides is 1. The first-order chi connectivity index (χ1) is 14.9. The number of benzene rings is 2. The molecule has 1 aliphatic rings. The summed E-state index contributed by atoms with van der Waals surface area (Å²) in [6, 6.07) is 6.71. The van der Waals surface area contributed by atoms with Gasteiger partial charge in [0, 0.05) is 45.8 Å². The van der Waals surface area contributed by atoms with Crippen LogP contribution in [0.5, 0.6) is 0 Å². The van der Waals surface area contributed by atoms with Crippen LogP contribution >= 0.6 is 11.6 Å². The molecule has 0 bridgehead atoms. The molecule has 2 aromatic carbocycles. The van der Waals surface area contributed by atoms with E-state index in [1.54, 1.807) is 29.7 Å². The molecule has 2 aromatic rings. The lowest BCUT2D eigenvalue weighted by molar-refractivity contribution is 0.0535. The van der Waals surface area contributed by atoms with Gasteiger partial charge in [0.05, 0.1) is 15.5 Å². The maximum Gasteiger partial charge on any atom is 0.255 e. The van der Waals surface area contributed by atoms with Crippen LogP contribution in [0, 0.1) is 19.7 Å².